The number of amidine groups is 1. The lowest BCUT2D eigenvalue weighted by atomic mass is 10.1. The molecule has 0 bridgehead atoms. The van der Waals surface area contributed by atoms with Crippen LogP contribution in [0.3, 0.4) is 0 Å². The maximum atomic E-state index is 11.2. The number of nitrogens with zero attached hydrogens (tertiary/aromatic N) is 1. The van der Waals surface area contributed by atoms with Crippen LogP contribution in [0.15, 0.2) is 40.4 Å². The molecule has 0 atom stereocenters. The molecule has 6 nitrogen and oxygen atoms in total. The first-order valence-corrected chi connectivity index (χ1v) is 6.78. The number of rotatable bonds is 5. The molecule has 20 heavy (non-hydrogen) atoms. The van der Waals surface area contributed by atoms with E-state index >= 15 is 0 Å². The molecule has 0 aliphatic carbocycles. The minimum Gasteiger partial charge on any atom is -0.496 e. The van der Waals surface area contributed by atoms with Crippen molar-refractivity contribution in [2.24, 2.45) is 5.73 Å². The number of nitrogen functional groups attached to an aromatic ring is 1. The molecule has 1 aromatic carbocycles. The number of nitrogens with two attached hydrogens (primary N) is 1. The molecule has 0 fully saturated rings. The molecule has 0 saturated heterocycles. The van der Waals surface area contributed by atoms with Crippen LogP contribution in [0.5, 0.6) is 5.75 Å². The molecule has 0 radical (unpaired) electrons. The fraction of sp³-hybridized carbons (Fsp3) is 0.154. The first-order valence-electron chi connectivity index (χ1n) is 5.79. The van der Waals surface area contributed by atoms with Crippen LogP contribution in [-0.2, 0) is 5.75 Å². The maximum Gasteiger partial charge on any atom is 0.251 e. The Hall–Kier alpha value is -2.28. The number of ether oxygens (including phenoxy) is 1. The van der Waals surface area contributed by atoms with Crippen LogP contribution in [0.2, 0.25) is 0 Å². The van der Waals surface area contributed by atoms with Crippen molar-refractivity contribution < 1.29 is 4.74 Å². The number of benzene rings is 1. The van der Waals surface area contributed by atoms with Crippen LogP contribution in [0.1, 0.15) is 11.1 Å². The number of hydrogen-bond donors (Lipinski definition) is 3. The number of aromatic nitrogens is 2. The monoisotopic (exact) mass is 290 g/mol. The molecule has 0 aliphatic rings. The van der Waals surface area contributed by atoms with Crippen molar-refractivity contribution in [1.82, 2.24) is 9.97 Å². The fourth-order valence-corrected chi connectivity index (χ4v) is 2.42. The van der Waals surface area contributed by atoms with Crippen LogP contribution < -0.4 is 16.0 Å². The van der Waals surface area contributed by atoms with E-state index in [2.05, 4.69) is 9.97 Å². The van der Waals surface area contributed by atoms with Gasteiger partial charge in [-0.3, -0.25) is 10.2 Å². The Kier molecular flexibility index (Phi) is 4.41. The minimum atomic E-state index is -0.174. The standard InChI is InChI=1S/C13H14N4O2S/c1-19-10-6-8(2-3-9(10)12(14)15)7-20-13-16-5-4-11(18)17-13/h2-6H,7H2,1H3,(H3,14,15)(H,16,17,18). The Balaban J connectivity index is 2.14. The van der Waals surface area contributed by atoms with Crippen molar-refractivity contribution in [3.05, 3.63) is 51.9 Å². The van der Waals surface area contributed by atoms with Crippen molar-refractivity contribution in [3.63, 3.8) is 0 Å². The van der Waals surface area contributed by atoms with Gasteiger partial charge in [0.25, 0.3) is 5.56 Å². The molecule has 7 heteroatoms. The average Bonchev–Trinajstić information content (AvgIpc) is 2.44. The lowest BCUT2D eigenvalue weighted by Crippen LogP contribution is -2.12. The summed E-state index contributed by atoms with van der Waals surface area (Å²) < 4.78 is 5.21. The predicted molar refractivity (Wildman–Crippen MR) is 78.4 cm³/mol. The highest BCUT2D eigenvalue weighted by Crippen LogP contribution is 2.24. The van der Waals surface area contributed by atoms with Gasteiger partial charge in [0.15, 0.2) is 5.16 Å². The normalized spacial score (nSPS) is 10.2. The van der Waals surface area contributed by atoms with Gasteiger partial charge in [-0.1, -0.05) is 17.8 Å². The second-order valence-corrected chi connectivity index (χ2v) is 4.94. The van der Waals surface area contributed by atoms with Gasteiger partial charge in [0.1, 0.15) is 11.6 Å². The summed E-state index contributed by atoms with van der Waals surface area (Å²) >= 11 is 1.41. The van der Waals surface area contributed by atoms with Gasteiger partial charge in [-0.15, -0.1) is 0 Å². The predicted octanol–water partition coefficient (Wildman–Crippen LogP) is 1.35. The van der Waals surface area contributed by atoms with Gasteiger partial charge in [-0.05, 0) is 17.7 Å². The highest BCUT2D eigenvalue weighted by molar-refractivity contribution is 7.98. The lowest BCUT2D eigenvalue weighted by Gasteiger charge is -2.09. The molecular weight excluding hydrogens is 276 g/mol. The summed E-state index contributed by atoms with van der Waals surface area (Å²) in [6, 6.07) is 6.81. The summed E-state index contributed by atoms with van der Waals surface area (Å²) in [7, 11) is 1.54. The average molecular weight is 290 g/mol. The SMILES string of the molecule is COc1cc(CSc2nccc(=O)[nH]2)ccc1C(=N)N. The van der Waals surface area contributed by atoms with E-state index in [4.69, 9.17) is 15.9 Å². The van der Waals surface area contributed by atoms with E-state index in [-0.39, 0.29) is 11.4 Å². The minimum absolute atomic E-state index is 0.0323. The Labute approximate surface area is 119 Å². The van der Waals surface area contributed by atoms with Gasteiger partial charge in [-0.25, -0.2) is 4.98 Å². The van der Waals surface area contributed by atoms with E-state index in [1.165, 1.54) is 31.1 Å². The van der Waals surface area contributed by atoms with Crippen LogP contribution in [0.4, 0.5) is 0 Å². The Bertz CT molecular complexity index is 684. The number of aromatic amines is 1. The van der Waals surface area contributed by atoms with Crippen molar-refractivity contribution >= 4 is 17.6 Å². The third kappa shape index (κ3) is 3.39. The largest absolute Gasteiger partial charge is 0.496 e. The number of thioether (sulfide) groups is 1. The molecule has 4 N–H and O–H groups in total. The highest BCUT2D eigenvalue weighted by Gasteiger charge is 2.07. The smallest absolute Gasteiger partial charge is 0.251 e. The van der Waals surface area contributed by atoms with Crippen molar-refractivity contribution in [2.75, 3.05) is 7.11 Å². The maximum absolute atomic E-state index is 11.2. The van der Waals surface area contributed by atoms with Crippen LogP contribution in [0, 0.1) is 5.41 Å². The van der Waals surface area contributed by atoms with Crippen LogP contribution in [-0.4, -0.2) is 22.9 Å². The van der Waals surface area contributed by atoms with Crippen LogP contribution >= 0.6 is 11.8 Å². The second kappa shape index (κ2) is 6.25. The highest BCUT2D eigenvalue weighted by atomic mass is 32.2. The first-order chi connectivity index (χ1) is 9.60. The van der Waals surface area contributed by atoms with Gasteiger partial charge >= 0.3 is 0 Å². The molecule has 0 spiro atoms. The summed E-state index contributed by atoms with van der Waals surface area (Å²) in [4.78, 5) is 17.9. The Morgan fingerprint density at radius 1 is 1.50 bits per heavy atom. The molecule has 0 saturated carbocycles. The lowest BCUT2D eigenvalue weighted by molar-refractivity contribution is 0.413. The van der Waals surface area contributed by atoms with Gasteiger partial charge in [0.2, 0.25) is 0 Å². The number of H-pyrrole nitrogens is 1. The number of hydrogen-bond acceptors (Lipinski definition) is 5. The zero-order chi connectivity index (χ0) is 14.5. The Morgan fingerprint density at radius 3 is 2.95 bits per heavy atom. The van der Waals surface area contributed by atoms with Crippen molar-refractivity contribution in [2.45, 2.75) is 10.9 Å². The zero-order valence-corrected chi connectivity index (χ0v) is 11.7. The Morgan fingerprint density at radius 2 is 2.30 bits per heavy atom. The third-order valence-electron chi connectivity index (χ3n) is 2.58. The van der Waals surface area contributed by atoms with Crippen molar-refractivity contribution in [1.29, 1.82) is 5.41 Å². The van der Waals surface area contributed by atoms with E-state index < -0.39 is 0 Å². The summed E-state index contributed by atoms with van der Waals surface area (Å²) in [5.41, 5.74) is 6.85. The van der Waals surface area contributed by atoms with Crippen molar-refractivity contribution in [3.8, 4) is 5.75 Å². The molecule has 0 amide bonds. The number of nitrogens with one attached hydrogen (secondary N) is 2. The fourth-order valence-electron chi connectivity index (χ4n) is 1.62. The molecule has 1 aromatic heterocycles. The zero-order valence-electron chi connectivity index (χ0n) is 10.8. The molecule has 104 valence electrons. The quantitative estimate of drug-likeness (QED) is 0.334. The second-order valence-electron chi connectivity index (χ2n) is 3.98. The van der Waals surface area contributed by atoms with Gasteiger partial charge in [0, 0.05) is 18.0 Å². The van der Waals surface area contributed by atoms with E-state index in [1.54, 1.807) is 6.07 Å². The van der Waals surface area contributed by atoms with Gasteiger partial charge in [-0.2, -0.15) is 0 Å². The van der Waals surface area contributed by atoms with E-state index in [0.717, 1.165) is 5.56 Å². The van der Waals surface area contributed by atoms with Gasteiger partial charge in [0.05, 0.1) is 12.7 Å². The number of methoxy groups -OCH3 is 1. The first kappa shape index (κ1) is 14.1. The van der Waals surface area contributed by atoms with E-state index in [9.17, 15) is 4.79 Å². The molecular formula is C13H14N4O2S. The molecule has 2 rings (SSSR count). The molecule has 1 heterocycles. The molecule has 0 aliphatic heterocycles. The summed E-state index contributed by atoms with van der Waals surface area (Å²) in [5.74, 6) is 1.15. The summed E-state index contributed by atoms with van der Waals surface area (Å²) in [5, 5.41) is 8.02. The molecule has 2 aromatic rings. The summed E-state index contributed by atoms with van der Waals surface area (Å²) in [6.45, 7) is 0. The van der Waals surface area contributed by atoms with E-state index in [0.29, 0.717) is 22.2 Å². The van der Waals surface area contributed by atoms with E-state index in [1.807, 2.05) is 12.1 Å². The third-order valence-corrected chi connectivity index (χ3v) is 3.54. The molecule has 0 unspecified atom stereocenters. The topological polar surface area (TPSA) is 105 Å². The van der Waals surface area contributed by atoms with Crippen LogP contribution in [0.25, 0.3) is 0 Å². The summed E-state index contributed by atoms with van der Waals surface area (Å²) in [6.07, 6.45) is 1.47. The van der Waals surface area contributed by atoms with Gasteiger partial charge < -0.3 is 15.5 Å².